The van der Waals surface area contributed by atoms with E-state index in [1.807, 2.05) is 35.2 Å². The highest BCUT2D eigenvalue weighted by molar-refractivity contribution is 5.85. The molecule has 1 aliphatic heterocycles. The van der Waals surface area contributed by atoms with E-state index < -0.39 is 6.04 Å². The van der Waals surface area contributed by atoms with Gasteiger partial charge in [-0.25, -0.2) is 0 Å². The van der Waals surface area contributed by atoms with Gasteiger partial charge >= 0.3 is 0 Å². The molecule has 6 nitrogen and oxygen atoms in total. The van der Waals surface area contributed by atoms with Gasteiger partial charge in [-0.15, -0.1) is 24.8 Å². The van der Waals surface area contributed by atoms with E-state index in [9.17, 15) is 4.79 Å². The molecule has 1 amide bonds. The van der Waals surface area contributed by atoms with Crippen LogP contribution in [-0.2, 0) is 20.8 Å². The third-order valence-corrected chi connectivity index (χ3v) is 4.30. The monoisotopic (exact) mass is 407 g/mol. The van der Waals surface area contributed by atoms with Crippen molar-refractivity contribution in [3.05, 3.63) is 35.9 Å². The van der Waals surface area contributed by atoms with E-state index in [1.165, 1.54) is 0 Å². The lowest BCUT2D eigenvalue weighted by molar-refractivity contribution is -0.137. The quantitative estimate of drug-likeness (QED) is 0.707. The molecule has 0 saturated carbocycles. The summed E-state index contributed by atoms with van der Waals surface area (Å²) < 4.78 is 10.5. The van der Waals surface area contributed by atoms with Gasteiger partial charge in [0.25, 0.3) is 0 Å². The lowest BCUT2D eigenvalue weighted by Crippen LogP contribution is -2.53. The Morgan fingerprint density at radius 2 is 1.88 bits per heavy atom. The van der Waals surface area contributed by atoms with Crippen LogP contribution in [0.2, 0.25) is 0 Å². The van der Waals surface area contributed by atoms with E-state index in [4.69, 9.17) is 15.2 Å². The molecule has 0 aromatic heterocycles. The highest BCUT2D eigenvalue weighted by Gasteiger charge is 2.27. The van der Waals surface area contributed by atoms with Gasteiger partial charge in [0.1, 0.15) is 6.04 Å². The summed E-state index contributed by atoms with van der Waals surface area (Å²) in [6.07, 6.45) is 0. The van der Waals surface area contributed by atoms with E-state index in [2.05, 4.69) is 11.8 Å². The molecule has 1 aliphatic rings. The molecule has 1 fully saturated rings. The Bertz CT molecular complexity index is 502. The van der Waals surface area contributed by atoms with Crippen molar-refractivity contribution in [1.82, 2.24) is 9.80 Å². The number of rotatable bonds is 8. The van der Waals surface area contributed by atoms with Gasteiger partial charge in [0.2, 0.25) is 5.91 Å². The molecule has 0 spiro atoms. The van der Waals surface area contributed by atoms with Crippen LogP contribution in [0.15, 0.2) is 30.3 Å². The number of nitrogens with zero attached hydrogens (tertiary/aromatic N) is 2. The van der Waals surface area contributed by atoms with Crippen LogP contribution in [0.1, 0.15) is 12.5 Å². The van der Waals surface area contributed by atoms with E-state index >= 15 is 0 Å². The number of ether oxygens (including phenoxy) is 2. The average Bonchev–Trinajstić information content (AvgIpc) is 2.61. The number of hydrogen-bond acceptors (Lipinski definition) is 5. The molecule has 0 bridgehead atoms. The second-order valence-corrected chi connectivity index (χ2v) is 6.28. The Morgan fingerprint density at radius 3 is 2.46 bits per heavy atom. The summed E-state index contributed by atoms with van der Waals surface area (Å²) in [7, 11) is 1.56. The third-order valence-electron chi connectivity index (χ3n) is 4.30. The smallest absolute Gasteiger partial charge is 0.242 e. The molecule has 26 heavy (non-hydrogen) atoms. The van der Waals surface area contributed by atoms with Gasteiger partial charge in [0, 0.05) is 39.3 Å². The summed E-state index contributed by atoms with van der Waals surface area (Å²) in [5.41, 5.74) is 7.10. The van der Waals surface area contributed by atoms with Gasteiger partial charge in [-0.05, 0) is 12.5 Å². The Balaban J connectivity index is 0.00000312. The van der Waals surface area contributed by atoms with E-state index in [0.717, 1.165) is 38.4 Å². The van der Waals surface area contributed by atoms with Crippen molar-refractivity contribution >= 4 is 30.7 Å². The van der Waals surface area contributed by atoms with Crippen molar-refractivity contribution in [3.63, 3.8) is 0 Å². The van der Waals surface area contributed by atoms with Gasteiger partial charge in [0.05, 0.1) is 19.8 Å². The number of methoxy groups -OCH3 is 1. The van der Waals surface area contributed by atoms with E-state index in [1.54, 1.807) is 7.11 Å². The Morgan fingerprint density at radius 1 is 1.27 bits per heavy atom. The second-order valence-electron chi connectivity index (χ2n) is 6.28. The van der Waals surface area contributed by atoms with Crippen molar-refractivity contribution in [2.24, 2.45) is 5.73 Å². The summed E-state index contributed by atoms with van der Waals surface area (Å²) in [5.74, 6) is -0.0681. The molecular formula is C18H31Cl2N3O3. The van der Waals surface area contributed by atoms with Crippen LogP contribution < -0.4 is 5.73 Å². The number of carbonyl (C=O) groups is 1. The largest absolute Gasteiger partial charge is 0.383 e. The zero-order valence-corrected chi connectivity index (χ0v) is 17.1. The standard InChI is InChI=1S/C18H29N3O3.2ClH/c1-15(12-20-8-10-24-11-9-20)21(18(22)17(19)14-23-2)13-16-6-4-3-5-7-16;;/h3-7,15,17H,8-14,19H2,1-2H3;2*1H. The molecule has 2 unspecified atom stereocenters. The maximum Gasteiger partial charge on any atom is 0.242 e. The zero-order valence-electron chi connectivity index (χ0n) is 15.5. The minimum absolute atomic E-state index is 0. The fourth-order valence-corrected chi connectivity index (χ4v) is 2.95. The predicted octanol–water partition coefficient (Wildman–Crippen LogP) is 1.55. The van der Waals surface area contributed by atoms with Crippen LogP contribution in [0.4, 0.5) is 0 Å². The maximum absolute atomic E-state index is 12.8. The molecular weight excluding hydrogens is 377 g/mol. The predicted molar refractivity (Wildman–Crippen MR) is 108 cm³/mol. The minimum Gasteiger partial charge on any atom is -0.383 e. The number of amides is 1. The van der Waals surface area contributed by atoms with E-state index in [-0.39, 0.29) is 43.4 Å². The van der Waals surface area contributed by atoms with Gasteiger partial charge in [-0.1, -0.05) is 30.3 Å². The Hall–Kier alpha value is -0.890. The fourth-order valence-electron chi connectivity index (χ4n) is 2.95. The van der Waals surface area contributed by atoms with Crippen molar-refractivity contribution in [2.45, 2.75) is 25.6 Å². The SMILES string of the molecule is COCC(N)C(=O)N(Cc1ccccc1)C(C)CN1CCOCC1.Cl.Cl. The molecule has 2 atom stereocenters. The highest BCUT2D eigenvalue weighted by atomic mass is 35.5. The number of carbonyl (C=O) groups excluding carboxylic acids is 1. The normalized spacial score (nSPS) is 16.7. The lowest BCUT2D eigenvalue weighted by Gasteiger charge is -2.36. The molecule has 8 heteroatoms. The summed E-state index contributed by atoms with van der Waals surface area (Å²) in [4.78, 5) is 17.0. The van der Waals surface area contributed by atoms with Crippen LogP contribution in [0, 0.1) is 0 Å². The van der Waals surface area contributed by atoms with Crippen molar-refractivity contribution in [1.29, 1.82) is 0 Å². The second kappa shape index (κ2) is 13.3. The fraction of sp³-hybridized carbons (Fsp3) is 0.611. The first-order valence-corrected chi connectivity index (χ1v) is 8.51. The first-order valence-electron chi connectivity index (χ1n) is 8.51. The van der Waals surface area contributed by atoms with Crippen molar-refractivity contribution < 1.29 is 14.3 Å². The first kappa shape index (κ1) is 25.1. The van der Waals surface area contributed by atoms with Gasteiger partial charge in [-0.3, -0.25) is 9.69 Å². The maximum atomic E-state index is 12.8. The number of nitrogens with two attached hydrogens (primary N) is 1. The van der Waals surface area contributed by atoms with Crippen LogP contribution >= 0.6 is 24.8 Å². The number of hydrogen-bond donors (Lipinski definition) is 1. The van der Waals surface area contributed by atoms with Crippen molar-refractivity contribution in [3.8, 4) is 0 Å². The molecule has 0 aliphatic carbocycles. The average molecular weight is 408 g/mol. The Labute approximate surface area is 168 Å². The number of halogens is 2. The van der Waals surface area contributed by atoms with Crippen LogP contribution in [0.25, 0.3) is 0 Å². The topological polar surface area (TPSA) is 68.0 Å². The molecule has 2 rings (SSSR count). The van der Waals surface area contributed by atoms with Gasteiger partial charge in [-0.2, -0.15) is 0 Å². The third kappa shape index (κ3) is 7.78. The van der Waals surface area contributed by atoms with Crippen LogP contribution in [0.3, 0.4) is 0 Å². The molecule has 1 heterocycles. The molecule has 1 aromatic rings. The van der Waals surface area contributed by atoms with Crippen LogP contribution in [0.5, 0.6) is 0 Å². The zero-order chi connectivity index (χ0) is 17.4. The summed E-state index contributed by atoms with van der Waals surface area (Å²) in [6, 6.07) is 9.44. The van der Waals surface area contributed by atoms with Crippen LogP contribution in [-0.4, -0.2) is 74.4 Å². The molecule has 150 valence electrons. The highest BCUT2D eigenvalue weighted by Crippen LogP contribution is 2.12. The Kier molecular flexibility index (Phi) is 12.8. The van der Waals surface area contributed by atoms with E-state index in [0.29, 0.717) is 6.54 Å². The van der Waals surface area contributed by atoms with Gasteiger partial charge < -0.3 is 20.1 Å². The molecule has 0 radical (unpaired) electrons. The van der Waals surface area contributed by atoms with Gasteiger partial charge in [0.15, 0.2) is 0 Å². The summed E-state index contributed by atoms with van der Waals surface area (Å²) in [5, 5.41) is 0. The minimum atomic E-state index is -0.633. The lowest BCUT2D eigenvalue weighted by atomic mass is 10.1. The molecule has 1 aromatic carbocycles. The number of morpholine rings is 1. The van der Waals surface area contributed by atoms with Crippen molar-refractivity contribution in [2.75, 3.05) is 46.6 Å². The summed E-state index contributed by atoms with van der Waals surface area (Å²) >= 11 is 0. The number of benzene rings is 1. The molecule has 2 N–H and O–H groups in total. The first-order chi connectivity index (χ1) is 11.6. The molecule has 1 saturated heterocycles. The summed E-state index contributed by atoms with van der Waals surface area (Å²) in [6.45, 7) is 7.00.